The minimum atomic E-state index is -4.01. The molecule has 2 atom stereocenters. The number of aliphatic hydroxyl groups is 1. The van der Waals surface area contributed by atoms with Gasteiger partial charge in [-0.25, -0.2) is 8.42 Å². The third-order valence-corrected chi connectivity index (χ3v) is 8.30. The van der Waals surface area contributed by atoms with Gasteiger partial charge in [0.15, 0.2) is 11.5 Å². The van der Waals surface area contributed by atoms with Crippen LogP contribution >= 0.6 is 0 Å². The van der Waals surface area contributed by atoms with E-state index in [1.54, 1.807) is 13.0 Å². The molecule has 9 nitrogen and oxygen atoms in total. The van der Waals surface area contributed by atoms with Crippen LogP contribution in [0.25, 0.3) is 0 Å². The van der Waals surface area contributed by atoms with Crippen molar-refractivity contribution in [3.05, 3.63) is 83.4 Å². The van der Waals surface area contributed by atoms with Crippen molar-refractivity contribution < 1.29 is 32.9 Å². The van der Waals surface area contributed by atoms with E-state index in [-0.39, 0.29) is 42.9 Å². The van der Waals surface area contributed by atoms with E-state index in [4.69, 9.17) is 9.47 Å². The normalized spacial score (nSPS) is 14.4. The summed E-state index contributed by atoms with van der Waals surface area (Å²) < 4.78 is 39.3. The van der Waals surface area contributed by atoms with Crippen molar-refractivity contribution in [1.82, 2.24) is 9.62 Å². The molecule has 0 saturated heterocycles. The van der Waals surface area contributed by atoms with Crippen LogP contribution < -0.4 is 14.8 Å². The maximum atomic E-state index is 13.7. The van der Waals surface area contributed by atoms with Crippen LogP contribution in [-0.4, -0.2) is 60.9 Å². The Labute approximate surface area is 229 Å². The highest BCUT2D eigenvalue weighted by atomic mass is 32.2. The zero-order valence-corrected chi connectivity index (χ0v) is 23.0. The second-order valence-electron chi connectivity index (χ2n) is 10.1. The zero-order valence-electron chi connectivity index (χ0n) is 22.2. The lowest BCUT2D eigenvalue weighted by molar-refractivity contribution is 0.0775. The highest BCUT2D eigenvalue weighted by Crippen LogP contribution is 2.35. The molecule has 1 aliphatic rings. The van der Waals surface area contributed by atoms with Crippen molar-refractivity contribution in [1.29, 1.82) is 0 Å². The Balaban J connectivity index is 1.61. The fraction of sp³-hybridized carbons (Fsp3) is 0.345. The summed E-state index contributed by atoms with van der Waals surface area (Å²) in [6.07, 6.45) is -0.945. The first-order chi connectivity index (χ1) is 18.5. The van der Waals surface area contributed by atoms with Gasteiger partial charge < -0.3 is 25.0 Å². The number of nitrogens with one attached hydrogen (secondary N) is 1. The van der Waals surface area contributed by atoms with E-state index in [1.807, 2.05) is 44.2 Å². The van der Waals surface area contributed by atoms with E-state index in [0.29, 0.717) is 22.6 Å². The number of hydrogen-bond acceptors (Lipinski definition) is 7. The van der Waals surface area contributed by atoms with Gasteiger partial charge in [0.2, 0.25) is 16.8 Å². The maximum absolute atomic E-state index is 13.7. The van der Waals surface area contributed by atoms with Gasteiger partial charge in [0, 0.05) is 24.7 Å². The number of carbonyl (C=O) groups is 1. The number of benzene rings is 3. The van der Waals surface area contributed by atoms with Crippen LogP contribution in [0.4, 0.5) is 0 Å². The molecule has 0 aromatic heterocycles. The summed E-state index contributed by atoms with van der Waals surface area (Å²) in [5, 5.41) is 24.0. The number of carbonyl (C=O) groups excluding carboxylic acids is 1. The molecule has 208 valence electrons. The van der Waals surface area contributed by atoms with Gasteiger partial charge in [0.05, 0.1) is 17.0 Å². The first-order valence-corrected chi connectivity index (χ1v) is 14.2. The predicted octanol–water partition coefficient (Wildman–Crippen LogP) is 3.48. The van der Waals surface area contributed by atoms with E-state index in [0.717, 1.165) is 5.56 Å². The van der Waals surface area contributed by atoms with Crippen molar-refractivity contribution in [2.45, 2.75) is 44.2 Å². The number of amides is 1. The van der Waals surface area contributed by atoms with Crippen molar-refractivity contribution >= 4 is 15.9 Å². The molecule has 3 N–H and O–H groups in total. The molecular weight excluding hydrogens is 520 g/mol. The summed E-state index contributed by atoms with van der Waals surface area (Å²) in [4.78, 5) is 13.2. The van der Waals surface area contributed by atoms with Gasteiger partial charge in [-0.1, -0.05) is 44.2 Å². The minimum Gasteiger partial charge on any atom is -0.508 e. The fourth-order valence-electron chi connectivity index (χ4n) is 4.50. The summed E-state index contributed by atoms with van der Waals surface area (Å²) in [7, 11) is -4.01. The summed E-state index contributed by atoms with van der Waals surface area (Å²) in [5.74, 6) is 0.409. The number of fused-ring (bicyclic) bond motifs is 1. The standard InChI is InChI=1S/C29H34N2O7S/c1-19(2)16-31(39(35,36)23-10-12-27-28(15-23)38-18-37-27)17-26(33)25(14-21-7-5-4-6-8-21)30-29(34)24-11-9-22(32)13-20(24)3/h4-13,15,19,25-26,32-33H,14,16-18H2,1-3H3,(H,30,34). The molecule has 0 bridgehead atoms. The number of nitrogens with zero attached hydrogens (tertiary/aromatic N) is 1. The molecule has 1 aliphatic heterocycles. The third kappa shape index (κ3) is 6.89. The number of aliphatic hydroxyl groups excluding tert-OH is 1. The van der Waals surface area contributed by atoms with E-state index in [2.05, 4.69) is 5.32 Å². The van der Waals surface area contributed by atoms with Crippen LogP contribution in [0.3, 0.4) is 0 Å². The van der Waals surface area contributed by atoms with Crippen molar-refractivity contribution in [3.8, 4) is 17.2 Å². The van der Waals surface area contributed by atoms with E-state index < -0.39 is 28.1 Å². The van der Waals surface area contributed by atoms with E-state index in [1.165, 1.54) is 34.6 Å². The van der Waals surface area contributed by atoms with Crippen molar-refractivity contribution in [3.63, 3.8) is 0 Å². The number of sulfonamides is 1. The lowest BCUT2D eigenvalue weighted by atomic mass is 9.99. The largest absolute Gasteiger partial charge is 0.508 e. The summed E-state index contributed by atoms with van der Waals surface area (Å²) in [6, 6.07) is 17.4. The number of aryl methyl sites for hydroxylation is 1. The molecule has 2 unspecified atom stereocenters. The number of phenols is 1. The van der Waals surface area contributed by atoms with Crippen LogP contribution in [0, 0.1) is 12.8 Å². The monoisotopic (exact) mass is 554 g/mol. The minimum absolute atomic E-state index is 0.0224. The quantitative estimate of drug-likeness (QED) is 0.331. The first-order valence-electron chi connectivity index (χ1n) is 12.8. The van der Waals surface area contributed by atoms with E-state index >= 15 is 0 Å². The molecule has 10 heteroatoms. The number of hydrogen-bond donors (Lipinski definition) is 3. The van der Waals surface area contributed by atoms with Gasteiger partial charge in [-0.05, 0) is 60.7 Å². The number of aromatic hydroxyl groups is 1. The lowest BCUT2D eigenvalue weighted by Crippen LogP contribution is -2.51. The van der Waals surface area contributed by atoms with Crippen molar-refractivity contribution in [2.24, 2.45) is 5.92 Å². The smallest absolute Gasteiger partial charge is 0.251 e. The number of rotatable bonds is 11. The molecule has 0 radical (unpaired) electrons. The van der Waals surface area contributed by atoms with Crippen LogP contribution in [0.15, 0.2) is 71.6 Å². The van der Waals surface area contributed by atoms with Gasteiger partial charge in [0.1, 0.15) is 5.75 Å². The molecule has 0 fully saturated rings. The second-order valence-corrected chi connectivity index (χ2v) is 12.0. The molecule has 0 saturated carbocycles. The molecule has 39 heavy (non-hydrogen) atoms. The van der Waals surface area contributed by atoms with Gasteiger partial charge in [-0.15, -0.1) is 0 Å². The average molecular weight is 555 g/mol. The first kappa shape index (κ1) is 28.4. The third-order valence-electron chi connectivity index (χ3n) is 6.48. The van der Waals surface area contributed by atoms with Crippen LogP contribution in [0.1, 0.15) is 35.3 Å². The van der Waals surface area contributed by atoms with Gasteiger partial charge in [-0.3, -0.25) is 4.79 Å². The average Bonchev–Trinajstić information content (AvgIpc) is 3.36. The summed E-state index contributed by atoms with van der Waals surface area (Å²) in [5.41, 5.74) is 1.80. The SMILES string of the molecule is Cc1cc(O)ccc1C(=O)NC(Cc1ccccc1)C(O)CN(CC(C)C)S(=O)(=O)c1ccc2c(c1)OCO2. The lowest BCUT2D eigenvalue weighted by Gasteiger charge is -2.31. The number of phenolic OH excluding ortho intramolecular Hbond substituents is 1. The van der Waals surface area contributed by atoms with Crippen LogP contribution in [0.2, 0.25) is 0 Å². The maximum Gasteiger partial charge on any atom is 0.251 e. The molecule has 3 aromatic rings. The Morgan fingerprint density at radius 1 is 1.00 bits per heavy atom. The Morgan fingerprint density at radius 2 is 1.72 bits per heavy atom. The summed E-state index contributed by atoms with van der Waals surface area (Å²) in [6.45, 7) is 5.45. The topological polar surface area (TPSA) is 125 Å². The van der Waals surface area contributed by atoms with Crippen molar-refractivity contribution in [2.75, 3.05) is 19.9 Å². The molecular formula is C29H34N2O7S. The Morgan fingerprint density at radius 3 is 2.41 bits per heavy atom. The predicted molar refractivity (Wildman–Crippen MR) is 146 cm³/mol. The van der Waals surface area contributed by atoms with Gasteiger partial charge >= 0.3 is 0 Å². The Bertz CT molecular complexity index is 1410. The fourth-order valence-corrected chi connectivity index (χ4v) is 6.14. The molecule has 3 aromatic carbocycles. The molecule has 0 spiro atoms. The van der Waals surface area contributed by atoms with Crippen LogP contribution in [0.5, 0.6) is 17.2 Å². The molecule has 0 aliphatic carbocycles. The number of ether oxygens (including phenoxy) is 2. The Hall–Kier alpha value is -3.60. The van der Waals surface area contributed by atoms with E-state index in [9.17, 15) is 23.4 Å². The second kappa shape index (κ2) is 12.1. The van der Waals surface area contributed by atoms with Gasteiger partial charge in [0.25, 0.3) is 5.91 Å². The molecule has 4 rings (SSSR count). The molecule has 1 heterocycles. The highest BCUT2D eigenvalue weighted by Gasteiger charge is 2.32. The summed E-state index contributed by atoms with van der Waals surface area (Å²) >= 11 is 0. The molecule has 1 amide bonds. The highest BCUT2D eigenvalue weighted by molar-refractivity contribution is 7.89. The van der Waals surface area contributed by atoms with Gasteiger partial charge in [-0.2, -0.15) is 4.31 Å². The Kier molecular flexibility index (Phi) is 8.79. The van der Waals surface area contributed by atoms with Crippen LogP contribution in [-0.2, 0) is 16.4 Å². The zero-order chi connectivity index (χ0) is 28.2.